The minimum atomic E-state index is 0.243. The lowest BCUT2D eigenvalue weighted by Crippen LogP contribution is -2.13. The molecule has 0 aliphatic rings. The number of hydrogen-bond acceptors (Lipinski definition) is 8. The Hall–Kier alpha value is -1.87. The van der Waals surface area contributed by atoms with Crippen LogP contribution in [0, 0.1) is 0 Å². The molecule has 0 aliphatic carbocycles. The second-order valence-corrected chi connectivity index (χ2v) is 5.32. The molecular weight excluding hydrogens is 290 g/mol. The number of nitrogens with one attached hydrogen (secondary N) is 2. The monoisotopic (exact) mass is 309 g/mol. The summed E-state index contributed by atoms with van der Waals surface area (Å²) in [7, 11) is 1.76. The van der Waals surface area contributed by atoms with Gasteiger partial charge in [-0.1, -0.05) is 0 Å². The summed E-state index contributed by atoms with van der Waals surface area (Å²) in [5.41, 5.74) is 0. The van der Waals surface area contributed by atoms with Crippen molar-refractivity contribution in [1.29, 1.82) is 0 Å². The second kappa shape index (κ2) is 8.42. The molecule has 2 aromatic rings. The standard InChI is InChI=1S/C12H19N7OS/c1-13-10-16-11(14-5-9-21-8-3-7-20)18-12(17-10)19-6-2-4-15-19/h2,4,6,20H,3,5,7-9H2,1H3,(H2,13,14,16,17,18). The Morgan fingerprint density at radius 2 is 2.10 bits per heavy atom. The molecule has 2 rings (SSSR count). The fourth-order valence-corrected chi connectivity index (χ4v) is 2.33. The summed E-state index contributed by atoms with van der Waals surface area (Å²) in [5.74, 6) is 3.36. The maximum Gasteiger partial charge on any atom is 0.257 e. The quantitative estimate of drug-likeness (QED) is 0.580. The van der Waals surface area contributed by atoms with Crippen molar-refractivity contribution in [1.82, 2.24) is 24.7 Å². The molecule has 0 fully saturated rings. The summed E-state index contributed by atoms with van der Waals surface area (Å²) in [5, 5.41) is 18.9. The third-order valence-corrected chi connectivity index (χ3v) is 3.60. The third-order valence-electron chi connectivity index (χ3n) is 2.53. The molecule has 9 heteroatoms. The van der Waals surface area contributed by atoms with Gasteiger partial charge < -0.3 is 15.7 Å². The van der Waals surface area contributed by atoms with E-state index < -0.39 is 0 Å². The van der Waals surface area contributed by atoms with Crippen LogP contribution in [-0.4, -0.2) is 61.5 Å². The minimum absolute atomic E-state index is 0.243. The highest BCUT2D eigenvalue weighted by molar-refractivity contribution is 7.99. The molecule has 0 spiro atoms. The summed E-state index contributed by atoms with van der Waals surface area (Å²) in [6.45, 7) is 0.995. The van der Waals surface area contributed by atoms with Gasteiger partial charge in [-0.05, 0) is 18.2 Å². The second-order valence-electron chi connectivity index (χ2n) is 4.10. The van der Waals surface area contributed by atoms with Crippen molar-refractivity contribution < 1.29 is 5.11 Å². The molecule has 21 heavy (non-hydrogen) atoms. The van der Waals surface area contributed by atoms with Gasteiger partial charge in [0.05, 0.1) is 0 Å². The number of anilines is 2. The van der Waals surface area contributed by atoms with Gasteiger partial charge in [0.1, 0.15) is 0 Å². The molecule has 3 N–H and O–H groups in total. The van der Waals surface area contributed by atoms with Crippen molar-refractivity contribution in [2.75, 3.05) is 42.3 Å². The first kappa shape index (κ1) is 15.5. The summed E-state index contributed by atoms with van der Waals surface area (Å²) in [6.07, 6.45) is 4.28. The zero-order valence-corrected chi connectivity index (χ0v) is 12.7. The fourth-order valence-electron chi connectivity index (χ4n) is 1.55. The van der Waals surface area contributed by atoms with Gasteiger partial charge in [0, 0.05) is 38.3 Å². The molecular formula is C12H19N7OS. The predicted molar refractivity (Wildman–Crippen MR) is 84.0 cm³/mol. The van der Waals surface area contributed by atoms with E-state index in [9.17, 15) is 0 Å². The number of nitrogens with zero attached hydrogens (tertiary/aromatic N) is 5. The topological polar surface area (TPSA) is 101 Å². The van der Waals surface area contributed by atoms with Crippen LogP contribution in [0.25, 0.3) is 5.95 Å². The Bertz CT molecular complexity index is 534. The van der Waals surface area contributed by atoms with E-state index in [4.69, 9.17) is 5.11 Å². The lowest BCUT2D eigenvalue weighted by atomic mass is 10.5. The lowest BCUT2D eigenvalue weighted by Gasteiger charge is -2.08. The predicted octanol–water partition coefficient (Wildman–Crippen LogP) is 0.626. The highest BCUT2D eigenvalue weighted by Gasteiger charge is 2.07. The lowest BCUT2D eigenvalue weighted by molar-refractivity contribution is 0.296. The summed E-state index contributed by atoms with van der Waals surface area (Å²) in [6, 6.07) is 1.81. The van der Waals surface area contributed by atoms with Gasteiger partial charge in [-0.2, -0.15) is 31.8 Å². The smallest absolute Gasteiger partial charge is 0.257 e. The van der Waals surface area contributed by atoms with Crippen LogP contribution in [0.15, 0.2) is 18.5 Å². The van der Waals surface area contributed by atoms with Crippen LogP contribution < -0.4 is 10.6 Å². The zero-order valence-electron chi connectivity index (χ0n) is 11.9. The summed E-state index contributed by atoms with van der Waals surface area (Å²) in [4.78, 5) is 12.9. The van der Waals surface area contributed by atoms with Crippen LogP contribution in [-0.2, 0) is 0 Å². The minimum Gasteiger partial charge on any atom is -0.396 e. The Morgan fingerprint density at radius 3 is 2.81 bits per heavy atom. The van der Waals surface area contributed by atoms with Crippen molar-refractivity contribution in [3.05, 3.63) is 18.5 Å². The number of aliphatic hydroxyl groups excluding tert-OH is 1. The Kier molecular flexibility index (Phi) is 6.22. The molecule has 0 saturated carbocycles. The Labute approximate surface area is 127 Å². The van der Waals surface area contributed by atoms with E-state index in [1.165, 1.54) is 0 Å². The van der Waals surface area contributed by atoms with Gasteiger partial charge in [-0.15, -0.1) is 0 Å². The van der Waals surface area contributed by atoms with Gasteiger partial charge in [-0.3, -0.25) is 0 Å². The molecule has 0 aromatic carbocycles. The van der Waals surface area contributed by atoms with Gasteiger partial charge in [-0.25, -0.2) is 4.68 Å². The van der Waals surface area contributed by atoms with E-state index in [-0.39, 0.29) is 6.61 Å². The van der Waals surface area contributed by atoms with Gasteiger partial charge in [0.25, 0.3) is 5.95 Å². The van der Waals surface area contributed by atoms with Gasteiger partial charge in [0.2, 0.25) is 11.9 Å². The number of thioether (sulfide) groups is 1. The number of aliphatic hydroxyl groups is 1. The number of rotatable bonds is 9. The molecule has 8 nitrogen and oxygen atoms in total. The van der Waals surface area contributed by atoms with Crippen molar-refractivity contribution >= 4 is 23.7 Å². The first-order chi connectivity index (χ1) is 10.3. The van der Waals surface area contributed by atoms with E-state index in [0.29, 0.717) is 17.8 Å². The average Bonchev–Trinajstić information content (AvgIpc) is 3.05. The molecule has 0 unspecified atom stereocenters. The van der Waals surface area contributed by atoms with Gasteiger partial charge in [0.15, 0.2) is 0 Å². The van der Waals surface area contributed by atoms with E-state index in [0.717, 1.165) is 24.5 Å². The van der Waals surface area contributed by atoms with Crippen LogP contribution in [0.2, 0.25) is 0 Å². The van der Waals surface area contributed by atoms with Crippen molar-refractivity contribution in [2.24, 2.45) is 0 Å². The Morgan fingerprint density at radius 1 is 1.24 bits per heavy atom. The zero-order chi connectivity index (χ0) is 14.9. The van der Waals surface area contributed by atoms with Gasteiger partial charge >= 0.3 is 0 Å². The molecule has 2 heterocycles. The fraction of sp³-hybridized carbons (Fsp3) is 0.500. The van der Waals surface area contributed by atoms with Crippen LogP contribution in [0.4, 0.5) is 11.9 Å². The molecule has 0 radical (unpaired) electrons. The van der Waals surface area contributed by atoms with E-state index in [1.807, 2.05) is 6.07 Å². The first-order valence-electron chi connectivity index (χ1n) is 6.70. The van der Waals surface area contributed by atoms with Crippen LogP contribution in [0.3, 0.4) is 0 Å². The van der Waals surface area contributed by atoms with E-state index in [1.54, 1.807) is 35.9 Å². The molecule has 114 valence electrons. The summed E-state index contributed by atoms with van der Waals surface area (Å²) < 4.78 is 1.59. The maximum atomic E-state index is 8.71. The van der Waals surface area contributed by atoms with Crippen molar-refractivity contribution in [3.8, 4) is 5.95 Å². The largest absolute Gasteiger partial charge is 0.396 e. The highest BCUT2D eigenvalue weighted by atomic mass is 32.2. The van der Waals surface area contributed by atoms with Crippen LogP contribution in [0.1, 0.15) is 6.42 Å². The molecule has 0 atom stereocenters. The molecule has 0 saturated heterocycles. The molecule has 0 amide bonds. The normalized spacial score (nSPS) is 10.6. The van der Waals surface area contributed by atoms with E-state index in [2.05, 4.69) is 30.7 Å². The first-order valence-corrected chi connectivity index (χ1v) is 7.85. The third kappa shape index (κ3) is 4.87. The van der Waals surface area contributed by atoms with Crippen molar-refractivity contribution in [2.45, 2.75) is 6.42 Å². The Balaban J connectivity index is 1.94. The maximum absolute atomic E-state index is 8.71. The summed E-state index contributed by atoms with van der Waals surface area (Å²) >= 11 is 1.78. The van der Waals surface area contributed by atoms with Crippen LogP contribution >= 0.6 is 11.8 Å². The molecule has 2 aromatic heterocycles. The number of aromatic nitrogens is 5. The average molecular weight is 309 g/mol. The highest BCUT2D eigenvalue weighted by Crippen LogP contribution is 2.09. The number of hydrogen-bond donors (Lipinski definition) is 3. The molecule has 0 aliphatic heterocycles. The van der Waals surface area contributed by atoms with Crippen LogP contribution in [0.5, 0.6) is 0 Å². The SMILES string of the molecule is CNc1nc(NCCSCCCO)nc(-n2cccn2)n1. The molecule has 0 bridgehead atoms. The van der Waals surface area contributed by atoms with Crippen molar-refractivity contribution in [3.63, 3.8) is 0 Å². The van der Waals surface area contributed by atoms with E-state index >= 15 is 0 Å².